The van der Waals surface area contributed by atoms with Gasteiger partial charge in [0, 0.05) is 5.92 Å². The van der Waals surface area contributed by atoms with E-state index in [2.05, 4.69) is 19.9 Å². The van der Waals surface area contributed by atoms with Crippen LogP contribution in [0.1, 0.15) is 72.1 Å². The normalized spacial score (nSPS) is 52.2. The number of carbonyl (C=O) groups excluding carboxylic acids is 1. The highest BCUT2D eigenvalue weighted by molar-refractivity contribution is 5.79. The average molecular weight is 316 g/mol. The van der Waals surface area contributed by atoms with Crippen LogP contribution < -0.4 is 0 Å². The molecule has 3 saturated carbocycles. The van der Waals surface area contributed by atoms with Gasteiger partial charge < -0.3 is 5.11 Å². The lowest BCUT2D eigenvalue weighted by Gasteiger charge is -2.57. The Kier molecular flexibility index (Phi) is 3.58. The van der Waals surface area contributed by atoms with Gasteiger partial charge in [0.25, 0.3) is 0 Å². The molecule has 0 aromatic rings. The zero-order valence-corrected chi connectivity index (χ0v) is 15.0. The van der Waals surface area contributed by atoms with Crippen molar-refractivity contribution >= 4 is 5.78 Å². The smallest absolute Gasteiger partial charge is 0.133 e. The molecule has 4 rings (SSSR count). The van der Waals surface area contributed by atoms with E-state index in [0.29, 0.717) is 17.1 Å². The van der Waals surface area contributed by atoms with Crippen molar-refractivity contribution in [1.82, 2.24) is 0 Å². The Morgan fingerprint density at radius 3 is 2.65 bits per heavy atom. The van der Waals surface area contributed by atoms with Gasteiger partial charge in [-0.05, 0) is 86.9 Å². The molecule has 2 heteroatoms. The molecule has 23 heavy (non-hydrogen) atoms. The molecule has 0 heterocycles. The minimum absolute atomic E-state index is 0.117. The molecule has 0 radical (unpaired) electrons. The highest BCUT2D eigenvalue weighted by atomic mass is 16.3. The Hall–Kier alpha value is -0.630. The summed E-state index contributed by atoms with van der Waals surface area (Å²) in [5.74, 6) is 3.00. The van der Waals surface area contributed by atoms with Crippen LogP contribution in [0.25, 0.3) is 0 Å². The average Bonchev–Trinajstić information content (AvgIpc) is 2.85. The molecule has 1 N–H and O–H groups in total. The van der Waals surface area contributed by atoms with Crippen molar-refractivity contribution in [3.05, 3.63) is 11.6 Å². The van der Waals surface area contributed by atoms with Gasteiger partial charge in [-0.1, -0.05) is 25.5 Å². The second kappa shape index (κ2) is 5.18. The van der Waals surface area contributed by atoms with Gasteiger partial charge in [0.05, 0.1) is 6.10 Å². The second-order valence-corrected chi connectivity index (χ2v) is 9.44. The van der Waals surface area contributed by atoms with Crippen LogP contribution in [0.3, 0.4) is 0 Å². The quantitative estimate of drug-likeness (QED) is 0.722. The molecule has 0 saturated heterocycles. The number of Topliss-reactive ketones (excluding diaryl/α,β-unsaturated/α-hetero) is 1. The van der Waals surface area contributed by atoms with E-state index in [-0.39, 0.29) is 11.5 Å². The maximum Gasteiger partial charge on any atom is 0.133 e. The predicted molar refractivity (Wildman–Crippen MR) is 91.9 cm³/mol. The van der Waals surface area contributed by atoms with Crippen LogP contribution in [0.5, 0.6) is 0 Å². The zero-order valence-electron chi connectivity index (χ0n) is 15.0. The largest absolute Gasteiger partial charge is 0.393 e. The van der Waals surface area contributed by atoms with E-state index in [0.717, 1.165) is 43.4 Å². The van der Waals surface area contributed by atoms with E-state index in [1.165, 1.54) is 25.7 Å². The molecule has 0 amide bonds. The van der Waals surface area contributed by atoms with Gasteiger partial charge in [-0.15, -0.1) is 0 Å². The van der Waals surface area contributed by atoms with E-state index in [1.807, 2.05) is 6.92 Å². The summed E-state index contributed by atoms with van der Waals surface area (Å²) >= 11 is 0. The number of hydrogen-bond acceptors (Lipinski definition) is 2. The number of ketones is 1. The number of rotatable bonds is 1. The number of fused-ring (bicyclic) bond motifs is 5. The highest BCUT2D eigenvalue weighted by Crippen LogP contribution is 2.66. The minimum atomic E-state index is -0.117. The van der Waals surface area contributed by atoms with E-state index in [9.17, 15) is 9.90 Å². The third kappa shape index (κ3) is 2.13. The molecule has 4 aliphatic rings. The first-order valence-corrected chi connectivity index (χ1v) is 9.74. The van der Waals surface area contributed by atoms with E-state index in [1.54, 1.807) is 5.57 Å². The standard InChI is InChI=1S/C21H32O2/c1-13(22)17-6-7-18-16-5-4-14-12-15(23)8-10-20(14,2)19(16)9-11-21(17,18)3/h4,15-19,23H,5-12H2,1-3H3/t15?,16-,17+,18-,19-,20-,21+/m1/s1. The first-order chi connectivity index (χ1) is 10.9. The summed E-state index contributed by atoms with van der Waals surface area (Å²) in [6, 6.07) is 0. The van der Waals surface area contributed by atoms with E-state index < -0.39 is 0 Å². The van der Waals surface area contributed by atoms with Crippen LogP contribution in [-0.4, -0.2) is 17.0 Å². The first-order valence-electron chi connectivity index (χ1n) is 9.74. The predicted octanol–water partition coefficient (Wildman–Crippen LogP) is 4.52. The molecule has 0 bridgehead atoms. The summed E-state index contributed by atoms with van der Waals surface area (Å²) in [6.07, 6.45) is 11.5. The van der Waals surface area contributed by atoms with Gasteiger partial charge in [0.1, 0.15) is 5.78 Å². The van der Waals surface area contributed by atoms with Crippen molar-refractivity contribution in [1.29, 1.82) is 0 Å². The Balaban J connectivity index is 1.66. The minimum Gasteiger partial charge on any atom is -0.393 e. The summed E-state index contributed by atoms with van der Waals surface area (Å²) in [6.45, 7) is 6.70. The molecular formula is C21H32O2. The molecule has 7 atom stereocenters. The van der Waals surface area contributed by atoms with Crippen molar-refractivity contribution in [3.63, 3.8) is 0 Å². The van der Waals surface area contributed by atoms with Crippen LogP contribution in [0, 0.1) is 34.5 Å². The third-order valence-electron chi connectivity index (χ3n) is 8.57. The van der Waals surface area contributed by atoms with Gasteiger partial charge in [-0.25, -0.2) is 0 Å². The molecule has 0 spiro atoms. The summed E-state index contributed by atoms with van der Waals surface area (Å²) in [4.78, 5) is 12.2. The number of hydrogen-bond donors (Lipinski definition) is 1. The Morgan fingerprint density at radius 1 is 1.13 bits per heavy atom. The molecule has 0 aliphatic heterocycles. The van der Waals surface area contributed by atoms with Gasteiger partial charge in [0.2, 0.25) is 0 Å². The Labute approximate surface area is 140 Å². The molecule has 0 aromatic heterocycles. The fourth-order valence-electron chi connectivity index (χ4n) is 7.31. The van der Waals surface area contributed by atoms with Gasteiger partial charge >= 0.3 is 0 Å². The maximum atomic E-state index is 12.2. The third-order valence-corrected chi connectivity index (χ3v) is 8.57. The van der Waals surface area contributed by atoms with Crippen molar-refractivity contribution in [2.75, 3.05) is 0 Å². The second-order valence-electron chi connectivity index (χ2n) is 9.44. The first kappa shape index (κ1) is 15.9. The number of carbonyl (C=O) groups is 1. The van der Waals surface area contributed by atoms with Crippen LogP contribution in [-0.2, 0) is 4.79 Å². The SMILES string of the molecule is CC(=O)[C@@H]1CC[C@@H]2[C@H]3CC=C4CC(O)CC[C@@]4(C)[C@@H]3CC[C@]21C. The molecule has 3 fully saturated rings. The van der Waals surface area contributed by atoms with Crippen molar-refractivity contribution in [3.8, 4) is 0 Å². The van der Waals surface area contributed by atoms with Crippen LogP contribution in [0.15, 0.2) is 11.6 Å². The van der Waals surface area contributed by atoms with Gasteiger partial charge in [-0.3, -0.25) is 4.79 Å². The lowest BCUT2D eigenvalue weighted by molar-refractivity contribution is -0.127. The van der Waals surface area contributed by atoms with E-state index in [4.69, 9.17) is 0 Å². The van der Waals surface area contributed by atoms with Crippen molar-refractivity contribution in [2.24, 2.45) is 34.5 Å². The number of aliphatic hydroxyl groups excluding tert-OH is 1. The maximum absolute atomic E-state index is 12.2. The Morgan fingerprint density at radius 2 is 1.91 bits per heavy atom. The molecule has 2 nitrogen and oxygen atoms in total. The van der Waals surface area contributed by atoms with E-state index >= 15 is 0 Å². The van der Waals surface area contributed by atoms with Gasteiger partial charge in [0.15, 0.2) is 0 Å². The molecule has 0 aromatic carbocycles. The molecule has 4 aliphatic carbocycles. The van der Waals surface area contributed by atoms with Crippen molar-refractivity contribution in [2.45, 2.75) is 78.2 Å². The molecular weight excluding hydrogens is 284 g/mol. The van der Waals surface area contributed by atoms with Crippen LogP contribution >= 0.6 is 0 Å². The monoisotopic (exact) mass is 316 g/mol. The fourth-order valence-corrected chi connectivity index (χ4v) is 7.31. The summed E-state index contributed by atoms with van der Waals surface area (Å²) in [5.41, 5.74) is 2.11. The summed E-state index contributed by atoms with van der Waals surface area (Å²) < 4.78 is 0. The van der Waals surface area contributed by atoms with Crippen LogP contribution in [0.4, 0.5) is 0 Å². The zero-order chi connectivity index (χ0) is 16.4. The Bertz CT molecular complexity index is 550. The molecule has 1 unspecified atom stereocenters. The van der Waals surface area contributed by atoms with Crippen LogP contribution in [0.2, 0.25) is 0 Å². The summed E-state index contributed by atoms with van der Waals surface area (Å²) in [7, 11) is 0. The van der Waals surface area contributed by atoms with Crippen molar-refractivity contribution < 1.29 is 9.90 Å². The lowest BCUT2D eigenvalue weighted by atomic mass is 9.47. The topological polar surface area (TPSA) is 37.3 Å². The fraction of sp³-hybridized carbons (Fsp3) is 0.857. The highest BCUT2D eigenvalue weighted by Gasteiger charge is 2.59. The lowest BCUT2D eigenvalue weighted by Crippen LogP contribution is -2.50. The van der Waals surface area contributed by atoms with Gasteiger partial charge in [-0.2, -0.15) is 0 Å². The number of allylic oxidation sites excluding steroid dienone is 1. The number of aliphatic hydroxyl groups is 1. The molecule has 128 valence electrons. The summed E-state index contributed by atoms with van der Waals surface area (Å²) in [5, 5.41) is 10.1.